The van der Waals surface area contributed by atoms with Crippen LogP contribution in [0.2, 0.25) is 5.02 Å². The number of ether oxygens (including phenoxy) is 3. The number of halogens is 2. The first-order valence-electron chi connectivity index (χ1n) is 9.32. The van der Waals surface area contributed by atoms with Crippen LogP contribution in [-0.2, 0) is 21.4 Å². The third kappa shape index (κ3) is 4.53. The van der Waals surface area contributed by atoms with E-state index in [1.54, 1.807) is 26.0 Å². The summed E-state index contributed by atoms with van der Waals surface area (Å²) in [5.74, 6) is -1.02. The van der Waals surface area contributed by atoms with Crippen molar-refractivity contribution in [2.45, 2.75) is 25.3 Å². The normalized spacial score (nSPS) is 13.4. The van der Waals surface area contributed by atoms with Gasteiger partial charge in [0.05, 0.1) is 15.5 Å². The zero-order valence-corrected chi connectivity index (χ0v) is 18.1. The van der Waals surface area contributed by atoms with E-state index in [2.05, 4.69) is 0 Å². The molecule has 0 atom stereocenters. The molecule has 2 aromatic rings. The Morgan fingerprint density at radius 3 is 2.57 bits per heavy atom. The second kappa shape index (κ2) is 9.20. The zero-order valence-electron chi connectivity index (χ0n) is 16.5. The molecule has 0 spiro atoms. The molecule has 1 aliphatic heterocycles. The monoisotopic (exact) mass is 457 g/mol. The predicted molar refractivity (Wildman–Crippen MR) is 108 cm³/mol. The largest absolute Gasteiger partial charge is 0.486 e. The molecule has 2 aromatic carbocycles. The smallest absolute Gasteiger partial charge is 0.341 e. The molecule has 3 rings (SSSR count). The molecule has 0 N–H and O–H groups in total. The summed E-state index contributed by atoms with van der Waals surface area (Å²) in [6.45, 7) is 4.43. The highest BCUT2D eigenvalue weighted by Gasteiger charge is 2.25. The summed E-state index contributed by atoms with van der Waals surface area (Å²) in [7, 11) is -3.85. The summed E-state index contributed by atoms with van der Waals surface area (Å²) in [4.78, 5) is 12.3. The third-order valence-electron chi connectivity index (χ3n) is 4.53. The van der Waals surface area contributed by atoms with Crippen LogP contribution in [-0.4, -0.2) is 45.0 Å². The number of esters is 1. The van der Waals surface area contributed by atoms with E-state index in [1.165, 1.54) is 4.31 Å². The number of hydrogen-bond donors (Lipinski definition) is 0. The fourth-order valence-corrected chi connectivity index (χ4v) is 4.78. The van der Waals surface area contributed by atoms with E-state index < -0.39 is 27.4 Å². The van der Waals surface area contributed by atoms with Crippen LogP contribution >= 0.6 is 11.6 Å². The Kier molecular flexibility index (Phi) is 6.84. The average molecular weight is 458 g/mol. The van der Waals surface area contributed by atoms with Gasteiger partial charge in [-0.1, -0.05) is 25.4 Å². The van der Waals surface area contributed by atoms with Gasteiger partial charge in [-0.2, -0.15) is 4.31 Å². The van der Waals surface area contributed by atoms with Crippen LogP contribution in [0.5, 0.6) is 11.5 Å². The van der Waals surface area contributed by atoms with Crippen molar-refractivity contribution in [1.29, 1.82) is 0 Å². The lowest BCUT2D eigenvalue weighted by Gasteiger charge is -2.20. The van der Waals surface area contributed by atoms with Gasteiger partial charge in [0.15, 0.2) is 11.5 Å². The van der Waals surface area contributed by atoms with Gasteiger partial charge >= 0.3 is 5.97 Å². The summed E-state index contributed by atoms with van der Waals surface area (Å²) in [6.07, 6.45) is 0. The van der Waals surface area contributed by atoms with Crippen LogP contribution in [0.3, 0.4) is 0 Å². The summed E-state index contributed by atoms with van der Waals surface area (Å²) in [5.41, 5.74) is 0.0526. The molecule has 0 fully saturated rings. The van der Waals surface area contributed by atoms with E-state index in [0.717, 1.165) is 18.2 Å². The second-order valence-electron chi connectivity index (χ2n) is 6.41. The number of fused-ring (bicyclic) bond motifs is 1. The second-order valence-corrected chi connectivity index (χ2v) is 8.75. The molecular weight excluding hydrogens is 437 g/mol. The molecule has 0 radical (unpaired) electrons. The molecular formula is C20H21ClFNO6S. The van der Waals surface area contributed by atoms with Crippen molar-refractivity contribution in [3.63, 3.8) is 0 Å². The van der Waals surface area contributed by atoms with E-state index in [1.807, 2.05) is 0 Å². The number of carbonyl (C=O) groups is 1. The number of carbonyl (C=O) groups excluding carboxylic acids is 1. The molecule has 0 saturated carbocycles. The van der Waals surface area contributed by atoms with Crippen LogP contribution < -0.4 is 9.47 Å². The Labute approximate surface area is 179 Å². The first-order chi connectivity index (χ1) is 14.3. The minimum atomic E-state index is -3.85. The molecule has 0 bridgehead atoms. The first-order valence-corrected chi connectivity index (χ1v) is 11.1. The molecule has 10 heteroatoms. The Morgan fingerprint density at radius 2 is 1.87 bits per heavy atom. The zero-order chi connectivity index (χ0) is 21.9. The number of rotatable bonds is 7. The molecule has 0 aromatic heterocycles. The fourth-order valence-electron chi connectivity index (χ4n) is 3.01. The standard InChI is InChI=1S/C20H21ClFNO6S/c1-3-23(4-2)30(25,26)14-5-6-17(22)15(11-14)20(24)29-12-13-9-16(21)19-18(10-13)27-7-8-28-19/h5-6,9-11H,3-4,7-8,12H2,1-2H3. The minimum Gasteiger partial charge on any atom is -0.486 e. The van der Waals surface area contributed by atoms with Gasteiger partial charge in [0, 0.05) is 13.1 Å². The van der Waals surface area contributed by atoms with Gasteiger partial charge in [0.25, 0.3) is 0 Å². The molecule has 0 unspecified atom stereocenters. The first kappa shape index (κ1) is 22.3. The van der Waals surface area contributed by atoms with Gasteiger partial charge in [-0.3, -0.25) is 0 Å². The highest BCUT2D eigenvalue weighted by molar-refractivity contribution is 7.89. The Hall–Kier alpha value is -2.36. The van der Waals surface area contributed by atoms with Crippen molar-refractivity contribution in [2.24, 2.45) is 0 Å². The van der Waals surface area contributed by atoms with Crippen LogP contribution in [0, 0.1) is 5.82 Å². The van der Waals surface area contributed by atoms with E-state index in [4.69, 9.17) is 25.8 Å². The van der Waals surface area contributed by atoms with E-state index in [9.17, 15) is 17.6 Å². The summed E-state index contributed by atoms with van der Waals surface area (Å²) in [6, 6.07) is 6.22. The number of benzene rings is 2. The highest BCUT2D eigenvalue weighted by atomic mass is 35.5. The van der Waals surface area contributed by atoms with Crippen molar-refractivity contribution in [2.75, 3.05) is 26.3 Å². The van der Waals surface area contributed by atoms with Gasteiger partial charge in [0.2, 0.25) is 10.0 Å². The van der Waals surface area contributed by atoms with Crippen molar-refractivity contribution in [1.82, 2.24) is 4.31 Å². The topological polar surface area (TPSA) is 82.1 Å². The maximum atomic E-state index is 14.2. The molecule has 0 saturated heterocycles. The molecule has 0 aliphatic carbocycles. The maximum Gasteiger partial charge on any atom is 0.341 e. The van der Waals surface area contributed by atoms with E-state index >= 15 is 0 Å². The minimum absolute atomic E-state index is 0.179. The SMILES string of the molecule is CCN(CC)S(=O)(=O)c1ccc(F)c(C(=O)OCc2cc(Cl)c3c(c2)OCCO3)c1. The summed E-state index contributed by atoms with van der Waals surface area (Å²) in [5, 5.41) is 0.303. The van der Waals surface area contributed by atoms with Gasteiger partial charge in [-0.05, 0) is 35.9 Å². The quantitative estimate of drug-likeness (QED) is 0.590. The average Bonchev–Trinajstić information content (AvgIpc) is 2.73. The van der Waals surface area contributed by atoms with Crippen LogP contribution in [0.4, 0.5) is 4.39 Å². The van der Waals surface area contributed by atoms with Crippen LogP contribution in [0.25, 0.3) is 0 Å². The van der Waals surface area contributed by atoms with Gasteiger partial charge in [0.1, 0.15) is 25.6 Å². The van der Waals surface area contributed by atoms with Gasteiger partial charge < -0.3 is 14.2 Å². The Morgan fingerprint density at radius 1 is 1.17 bits per heavy atom. The van der Waals surface area contributed by atoms with E-state index in [0.29, 0.717) is 35.3 Å². The number of nitrogens with zero attached hydrogens (tertiary/aromatic N) is 1. The molecule has 7 nitrogen and oxygen atoms in total. The predicted octanol–water partition coefficient (Wildman–Crippen LogP) is 3.64. The van der Waals surface area contributed by atoms with Crippen molar-refractivity contribution in [3.8, 4) is 11.5 Å². The third-order valence-corrected chi connectivity index (χ3v) is 6.85. The highest BCUT2D eigenvalue weighted by Crippen LogP contribution is 2.38. The Balaban J connectivity index is 1.80. The molecule has 1 heterocycles. The van der Waals surface area contributed by atoms with Gasteiger partial charge in [-0.15, -0.1) is 0 Å². The molecule has 162 valence electrons. The van der Waals surface area contributed by atoms with Crippen molar-refractivity contribution < 1.29 is 31.8 Å². The molecule has 30 heavy (non-hydrogen) atoms. The number of sulfonamides is 1. The lowest BCUT2D eigenvalue weighted by molar-refractivity contribution is 0.0466. The summed E-state index contributed by atoms with van der Waals surface area (Å²) < 4.78 is 56.8. The lowest BCUT2D eigenvalue weighted by Crippen LogP contribution is -2.30. The number of hydrogen-bond acceptors (Lipinski definition) is 6. The fraction of sp³-hybridized carbons (Fsp3) is 0.350. The molecule has 1 aliphatic rings. The van der Waals surface area contributed by atoms with E-state index in [-0.39, 0.29) is 24.6 Å². The van der Waals surface area contributed by atoms with Crippen molar-refractivity contribution in [3.05, 3.63) is 52.3 Å². The van der Waals surface area contributed by atoms with Crippen molar-refractivity contribution >= 4 is 27.6 Å². The molecule has 0 amide bonds. The van der Waals surface area contributed by atoms with Gasteiger partial charge in [-0.25, -0.2) is 17.6 Å². The van der Waals surface area contributed by atoms with Crippen LogP contribution in [0.1, 0.15) is 29.8 Å². The lowest BCUT2D eigenvalue weighted by atomic mass is 10.2. The van der Waals surface area contributed by atoms with Crippen LogP contribution in [0.15, 0.2) is 35.2 Å². The maximum absolute atomic E-state index is 14.2. The Bertz CT molecular complexity index is 1060. The summed E-state index contributed by atoms with van der Waals surface area (Å²) >= 11 is 6.16.